The summed E-state index contributed by atoms with van der Waals surface area (Å²) in [5.74, 6) is 0.183. The normalized spacial score (nSPS) is 18.2. The minimum atomic E-state index is -3.91. The third kappa shape index (κ3) is 3.82. The van der Waals surface area contributed by atoms with Crippen molar-refractivity contribution >= 4 is 37.3 Å². The van der Waals surface area contributed by atoms with E-state index >= 15 is 0 Å². The van der Waals surface area contributed by atoms with E-state index in [1.807, 2.05) is 13.8 Å². The van der Waals surface area contributed by atoms with Gasteiger partial charge >= 0.3 is 0 Å². The summed E-state index contributed by atoms with van der Waals surface area (Å²) >= 11 is 0. The highest BCUT2D eigenvalue weighted by Crippen LogP contribution is 2.44. The van der Waals surface area contributed by atoms with Gasteiger partial charge in [0.1, 0.15) is 0 Å². The summed E-state index contributed by atoms with van der Waals surface area (Å²) < 4.78 is 50.9. The number of hydrogen-bond donors (Lipinski definition) is 2. The Morgan fingerprint density at radius 1 is 1.03 bits per heavy atom. The molecule has 4 rings (SSSR count). The third-order valence-corrected chi connectivity index (χ3v) is 7.79. The van der Waals surface area contributed by atoms with Crippen molar-refractivity contribution in [3.8, 4) is 0 Å². The Morgan fingerprint density at radius 2 is 1.63 bits per heavy atom. The van der Waals surface area contributed by atoms with Crippen molar-refractivity contribution in [3.05, 3.63) is 48.0 Å². The largest absolute Gasteiger partial charge is 0.311 e. The second-order valence-corrected chi connectivity index (χ2v) is 11.7. The maximum absolute atomic E-state index is 12.9. The van der Waals surface area contributed by atoms with Crippen LogP contribution < -0.4 is 14.8 Å². The van der Waals surface area contributed by atoms with Crippen LogP contribution in [-0.2, 0) is 30.3 Å². The van der Waals surface area contributed by atoms with Crippen molar-refractivity contribution < 1.29 is 21.6 Å². The summed E-state index contributed by atoms with van der Waals surface area (Å²) in [5.41, 5.74) is 1.41. The molecule has 8 nitrogen and oxygen atoms in total. The number of nitrogens with two attached hydrogens (primary N) is 1. The van der Waals surface area contributed by atoms with Crippen LogP contribution in [0.3, 0.4) is 0 Å². The molecule has 0 unspecified atom stereocenters. The number of carbonyl (C=O) groups excluding carboxylic acids is 1. The molecule has 2 aromatic carbocycles. The number of sulfonamides is 2. The Balaban J connectivity index is 1.63. The molecule has 2 aliphatic rings. The summed E-state index contributed by atoms with van der Waals surface area (Å²) in [6.45, 7) is 4.49. The molecule has 1 heterocycles. The van der Waals surface area contributed by atoms with Gasteiger partial charge in [0.25, 0.3) is 10.0 Å². The molecule has 160 valence electrons. The van der Waals surface area contributed by atoms with E-state index in [2.05, 4.69) is 4.72 Å². The molecule has 0 saturated heterocycles. The van der Waals surface area contributed by atoms with Crippen LogP contribution in [0.4, 0.5) is 11.4 Å². The molecule has 0 aromatic heterocycles. The van der Waals surface area contributed by atoms with Gasteiger partial charge in [-0.2, -0.15) is 0 Å². The topological polar surface area (TPSA) is 127 Å². The summed E-state index contributed by atoms with van der Waals surface area (Å²) in [5, 5.41) is 5.06. The monoisotopic (exact) mass is 449 g/mol. The van der Waals surface area contributed by atoms with Gasteiger partial charge in [0, 0.05) is 29.3 Å². The van der Waals surface area contributed by atoms with Crippen molar-refractivity contribution in [1.82, 2.24) is 0 Å². The number of rotatable bonds is 5. The number of primary sulfonamides is 1. The van der Waals surface area contributed by atoms with Crippen LogP contribution in [0.1, 0.15) is 32.3 Å². The maximum atomic E-state index is 12.9. The van der Waals surface area contributed by atoms with Gasteiger partial charge in [0.15, 0.2) is 0 Å². The Morgan fingerprint density at radius 3 is 2.20 bits per heavy atom. The summed E-state index contributed by atoms with van der Waals surface area (Å²) in [6.07, 6.45) is 1.82. The molecule has 1 aliphatic carbocycles. The van der Waals surface area contributed by atoms with E-state index < -0.39 is 20.0 Å². The molecule has 10 heteroatoms. The predicted molar refractivity (Wildman–Crippen MR) is 113 cm³/mol. The molecular weight excluding hydrogens is 426 g/mol. The van der Waals surface area contributed by atoms with Gasteiger partial charge < -0.3 is 4.90 Å². The number of fused-ring (bicyclic) bond motifs is 1. The van der Waals surface area contributed by atoms with E-state index in [4.69, 9.17) is 5.14 Å². The highest BCUT2D eigenvalue weighted by molar-refractivity contribution is 7.92. The average Bonchev–Trinajstić information content (AvgIpc) is 3.46. The van der Waals surface area contributed by atoms with E-state index in [0.717, 1.165) is 24.1 Å². The van der Waals surface area contributed by atoms with Crippen LogP contribution in [0.15, 0.2) is 52.3 Å². The Bertz CT molecular complexity index is 1230. The van der Waals surface area contributed by atoms with Gasteiger partial charge in [-0.25, -0.2) is 22.0 Å². The van der Waals surface area contributed by atoms with Crippen LogP contribution in [0, 0.1) is 5.92 Å². The Kier molecular flexibility index (Phi) is 4.72. The summed E-state index contributed by atoms with van der Waals surface area (Å²) in [4.78, 5) is 14.4. The predicted octanol–water partition coefficient (Wildman–Crippen LogP) is 2.17. The lowest BCUT2D eigenvalue weighted by molar-refractivity contribution is -0.119. The number of amides is 1. The number of anilines is 2. The number of benzene rings is 2. The second-order valence-electron chi connectivity index (χ2n) is 8.44. The minimum absolute atomic E-state index is 0.0746. The van der Waals surface area contributed by atoms with E-state index in [9.17, 15) is 21.6 Å². The van der Waals surface area contributed by atoms with Crippen molar-refractivity contribution in [2.75, 3.05) is 16.2 Å². The molecule has 1 saturated carbocycles. The number of hydrogen-bond acceptors (Lipinski definition) is 5. The molecule has 3 N–H and O–H groups in total. The van der Waals surface area contributed by atoms with Crippen LogP contribution in [0.2, 0.25) is 0 Å². The van der Waals surface area contributed by atoms with Crippen LogP contribution >= 0.6 is 0 Å². The van der Waals surface area contributed by atoms with Gasteiger partial charge in [-0.1, -0.05) is 13.8 Å². The lowest BCUT2D eigenvalue weighted by atomic mass is 9.87. The van der Waals surface area contributed by atoms with Gasteiger partial charge in [0.05, 0.1) is 9.79 Å². The van der Waals surface area contributed by atoms with E-state index in [-0.39, 0.29) is 32.7 Å². The van der Waals surface area contributed by atoms with E-state index in [1.165, 1.54) is 30.3 Å². The molecule has 0 atom stereocenters. The Hall–Kier alpha value is -2.43. The fourth-order valence-electron chi connectivity index (χ4n) is 3.70. The first kappa shape index (κ1) is 20.8. The number of nitrogens with one attached hydrogen (secondary N) is 1. The third-order valence-electron chi connectivity index (χ3n) is 5.48. The zero-order chi connectivity index (χ0) is 21.9. The maximum Gasteiger partial charge on any atom is 0.261 e. The zero-order valence-electron chi connectivity index (χ0n) is 16.6. The van der Waals surface area contributed by atoms with Gasteiger partial charge in [-0.05, 0) is 60.9 Å². The first-order valence-electron chi connectivity index (χ1n) is 9.50. The quantitative estimate of drug-likeness (QED) is 0.723. The molecule has 1 fully saturated rings. The number of carbonyl (C=O) groups is 1. The molecule has 0 bridgehead atoms. The van der Waals surface area contributed by atoms with Crippen LogP contribution in [0.5, 0.6) is 0 Å². The standard InChI is InChI=1S/C20H23N3O5S2/c1-20(2)12-23(19(24)13-3-4-13)18-10-9-16(11-17(18)20)30(27,28)22-14-5-7-15(8-6-14)29(21,25)26/h5-11,13,22H,3-4,12H2,1-2H3,(H2,21,25,26). The summed E-state index contributed by atoms with van der Waals surface area (Å²) in [7, 11) is -7.77. The second kappa shape index (κ2) is 6.79. The van der Waals surface area contributed by atoms with E-state index in [0.29, 0.717) is 6.54 Å². The highest BCUT2D eigenvalue weighted by Gasteiger charge is 2.43. The number of nitrogens with zero attached hydrogens (tertiary/aromatic N) is 1. The molecular formula is C20H23N3O5S2. The van der Waals surface area contributed by atoms with Gasteiger partial charge in [0.2, 0.25) is 15.9 Å². The minimum Gasteiger partial charge on any atom is -0.311 e. The van der Waals surface area contributed by atoms with Gasteiger partial charge in [-0.3, -0.25) is 9.52 Å². The molecule has 1 amide bonds. The SMILES string of the molecule is CC1(C)CN(C(=O)C2CC2)c2ccc(S(=O)(=O)Nc3ccc(S(N)(=O)=O)cc3)cc21. The van der Waals surface area contributed by atoms with E-state index in [1.54, 1.807) is 17.0 Å². The first-order chi connectivity index (χ1) is 13.9. The first-order valence-corrected chi connectivity index (χ1v) is 12.5. The lowest BCUT2D eigenvalue weighted by Gasteiger charge is -2.20. The highest BCUT2D eigenvalue weighted by atomic mass is 32.2. The Labute approximate surface area is 176 Å². The van der Waals surface area contributed by atoms with Crippen molar-refractivity contribution in [1.29, 1.82) is 0 Å². The fourth-order valence-corrected chi connectivity index (χ4v) is 5.30. The molecule has 1 aliphatic heterocycles. The fraction of sp³-hybridized carbons (Fsp3) is 0.350. The van der Waals surface area contributed by atoms with Crippen molar-refractivity contribution in [2.24, 2.45) is 11.1 Å². The molecule has 30 heavy (non-hydrogen) atoms. The van der Waals surface area contributed by atoms with Crippen molar-refractivity contribution in [2.45, 2.75) is 41.9 Å². The zero-order valence-corrected chi connectivity index (χ0v) is 18.3. The molecule has 2 aromatic rings. The molecule has 0 spiro atoms. The summed E-state index contributed by atoms with van der Waals surface area (Å²) in [6, 6.07) is 9.92. The lowest BCUT2D eigenvalue weighted by Crippen LogP contribution is -2.34. The molecule has 0 radical (unpaired) electrons. The van der Waals surface area contributed by atoms with Crippen LogP contribution in [0.25, 0.3) is 0 Å². The average molecular weight is 450 g/mol. The van der Waals surface area contributed by atoms with Crippen LogP contribution in [-0.4, -0.2) is 29.3 Å². The van der Waals surface area contributed by atoms with Gasteiger partial charge in [-0.15, -0.1) is 0 Å². The van der Waals surface area contributed by atoms with Crippen molar-refractivity contribution in [3.63, 3.8) is 0 Å². The smallest absolute Gasteiger partial charge is 0.261 e.